The summed E-state index contributed by atoms with van der Waals surface area (Å²) in [4.78, 5) is 21.1. The zero-order valence-electron chi connectivity index (χ0n) is 16.3. The molecule has 15 heteroatoms. The molecule has 14 nitrogen and oxygen atoms in total. The fourth-order valence-electron chi connectivity index (χ4n) is 3.18. The molecule has 31 heavy (non-hydrogen) atoms. The van der Waals surface area contributed by atoms with Crippen LogP contribution in [0.25, 0.3) is 11.2 Å². The van der Waals surface area contributed by atoms with Gasteiger partial charge in [0.25, 0.3) is 10.2 Å². The van der Waals surface area contributed by atoms with Gasteiger partial charge in [0.15, 0.2) is 23.2 Å². The van der Waals surface area contributed by atoms with Crippen LogP contribution in [0.5, 0.6) is 0 Å². The average molecular weight is 451 g/mol. The van der Waals surface area contributed by atoms with Crippen LogP contribution in [0.2, 0.25) is 0 Å². The summed E-state index contributed by atoms with van der Waals surface area (Å²) in [5.41, 5.74) is 2.28. The van der Waals surface area contributed by atoms with E-state index in [2.05, 4.69) is 30.2 Å². The zero-order valence-corrected chi connectivity index (χ0v) is 17.1. The molecule has 0 radical (unpaired) electrons. The third-order valence-corrected chi connectivity index (χ3v) is 5.30. The first kappa shape index (κ1) is 21.4. The number of aliphatic hydroxyl groups is 2. The van der Waals surface area contributed by atoms with Gasteiger partial charge in [-0.2, -0.15) is 13.1 Å². The highest BCUT2D eigenvalue weighted by molar-refractivity contribution is 7.87. The average Bonchev–Trinajstić information content (AvgIpc) is 3.27. The van der Waals surface area contributed by atoms with E-state index in [0.29, 0.717) is 29.2 Å². The van der Waals surface area contributed by atoms with Crippen LogP contribution in [0.1, 0.15) is 17.6 Å². The molecule has 1 fully saturated rings. The Morgan fingerprint density at radius 1 is 1.16 bits per heavy atom. The van der Waals surface area contributed by atoms with Gasteiger partial charge in [-0.05, 0) is 6.92 Å². The first-order valence-electron chi connectivity index (χ1n) is 9.21. The number of rotatable bonds is 7. The van der Waals surface area contributed by atoms with E-state index in [4.69, 9.17) is 9.88 Å². The predicted molar refractivity (Wildman–Crippen MR) is 106 cm³/mol. The number of nitrogens with zero attached hydrogens (tertiary/aromatic N) is 6. The fraction of sp³-hybridized carbons (Fsp3) is 0.438. The van der Waals surface area contributed by atoms with Crippen molar-refractivity contribution in [2.75, 3.05) is 11.9 Å². The number of hydrogen-bond donors (Lipinski definition) is 5. The fourth-order valence-corrected chi connectivity index (χ4v) is 3.57. The van der Waals surface area contributed by atoms with Crippen LogP contribution >= 0.6 is 0 Å². The van der Waals surface area contributed by atoms with Gasteiger partial charge in [0.2, 0.25) is 0 Å². The second kappa shape index (κ2) is 8.37. The smallest absolute Gasteiger partial charge is 0.274 e. The molecule has 0 unspecified atom stereocenters. The van der Waals surface area contributed by atoms with Crippen molar-refractivity contribution < 1.29 is 23.4 Å². The van der Waals surface area contributed by atoms with E-state index in [0.717, 1.165) is 5.69 Å². The molecule has 3 aromatic heterocycles. The lowest BCUT2D eigenvalue weighted by molar-refractivity contribution is -0.0330. The van der Waals surface area contributed by atoms with Crippen LogP contribution in [0.4, 0.5) is 5.82 Å². The maximum atomic E-state index is 11.1. The normalized spacial score (nSPS) is 24.0. The van der Waals surface area contributed by atoms with E-state index >= 15 is 0 Å². The van der Waals surface area contributed by atoms with Gasteiger partial charge in [0.1, 0.15) is 24.6 Å². The molecular formula is C16H21N9O5S. The van der Waals surface area contributed by atoms with Crippen molar-refractivity contribution in [1.82, 2.24) is 34.2 Å². The summed E-state index contributed by atoms with van der Waals surface area (Å²) in [6, 6.07) is 0. The molecule has 0 spiro atoms. The lowest BCUT2D eigenvalue weighted by atomic mass is 10.1. The van der Waals surface area contributed by atoms with Gasteiger partial charge in [-0.15, -0.1) is 0 Å². The Hall–Kier alpha value is -2.82. The number of ether oxygens (including phenoxy) is 1. The number of aromatic nitrogens is 6. The van der Waals surface area contributed by atoms with Crippen LogP contribution in [0.3, 0.4) is 0 Å². The van der Waals surface area contributed by atoms with Crippen molar-refractivity contribution in [3.63, 3.8) is 0 Å². The molecule has 4 heterocycles. The van der Waals surface area contributed by atoms with Gasteiger partial charge in [-0.25, -0.2) is 20.1 Å². The van der Waals surface area contributed by atoms with Crippen molar-refractivity contribution in [2.45, 2.75) is 38.0 Å². The molecule has 1 saturated heterocycles. The third-order valence-electron chi connectivity index (χ3n) is 4.73. The van der Waals surface area contributed by atoms with Gasteiger partial charge in [0, 0.05) is 12.7 Å². The minimum atomic E-state index is -3.98. The predicted octanol–water partition coefficient (Wildman–Crippen LogP) is -2.05. The van der Waals surface area contributed by atoms with Crippen LogP contribution in [-0.2, 0) is 21.5 Å². The number of anilines is 1. The minimum absolute atomic E-state index is 0.306. The highest BCUT2D eigenvalue weighted by Gasteiger charge is 2.44. The highest BCUT2D eigenvalue weighted by Crippen LogP contribution is 2.32. The molecule has 4 atom stereocenters. The van der Waals surface area contributed by atoms with Crippen molar-refractivity contribution in [3.05, 3.63) is 36.4 Å². The monoisotopic (exact) mass is 451 g/mol. The number of fused-ring (bicyclic) bond motifs is 1. The second-order valence-corrected chi connectivity index (χ2v) is 8.37. The van der Waals surface area contributed by atoms with E-state index in [-0.39, 0.29) is 6.54 Å². The number of hydrogen-bond acceptors (Lipinski definition) is 11. The third kappa shape index (κ3) is 4.60. The first-order chi connectivity index (χ1) is 14.7. The SMILES string of the molecule is Cc1cnc(CNc2ncnc3c2ncn3[C@@H]2O[C@H](CNS(N)(=O)=O)[C@@H](O)[C@H]2O)cn1. The van der Waals surface area contributed by atoms with E-state index in [1.54, 1.807) is 12.4 Å². The van der Waals surface area contributed by atoms with E-state index < -0.39 is 34.7 Å². The number of nitrogens with one attached hydrogen (secondary N) is 2. The summed E-state index contributed by atoms with van der Waals surface area (Å²) < 4.78 is 31.3. The standard InChI is InChI=1S/C16H21N9O5S/c1-8-2-19-9(3-18-8)4-20-14-11-15(22-6-21-14)25(7-23-11)16-13(27)12(26)10(30-16)5-24-31(17,28)29/h2-3,6-7,10,12-13,16,24,26-27H,4-5H2,1H3,(H2,17,28,29)(H,20,21,22)/t10-,12-,13-,16-/m1/s1. The van der Waals surface area contributed by atoms with Gasteiger partial charge < -0.3 is 20.3 Å². The molecule has 0 saturated carbocycles. The maximum Gasteiger partial charge on any atom is 0.274 e. The van der Waals surface area contributed by atoms with Gasteiger partial charge >= 0.3 is 0 Å². The highest BCUT2D eigenvalue weighted by atomic mass is 32.2. The van der Waals surface area contributed by atoms with E-state index in [9.17, 15) is 18.6 Å². The van der Waals surface area contributed by atoms with Gasteiger partial charge in [-0.3, -0.25) is 14.5 Å². The molecule has 4 rings (SSSR count). The number of imidazole rings is 1. The summed E-state index contributed by atoms with van der Waals surface area (Å²) in [5.74, 6) is 0.437. The molecule has 0 bridgehead atoms. The Balaban J connectivity index is 1.54. The van der Waals surface area contributed by atoms with E-state index in [1.165, 1.54) is 17.2 Å². The quantitative estimate of drug-likeness (QED) is 0.264. The Kier molecular flexibility index (Phi) is 5.78. The molecule has 3 aromatic rings. The molecule has 1 aliphatic rings. The lowest BCUT2D eigenvalue weighted by Crippen LogP contribution is -2.42. The van der Waals surface area contributed by atoms with Gasteiger partial charge in [-0.1, -0.05) is 0 Å². The Morgan fingerprint density at radius 2 is 1.97 bits per heavy atom. The Morgan fingerprint density at radius 3 is 2.68 bits per heavy atom. The zero-order chi connectivity index (χ0) is 22.2. The molecule has 0 amide bonds. The molecule has 0 aromatic carbocycles. The minimum Gasteiger partial charge on any atom is -0.387 e. The van der Waals surface area contributed by atoms with Crippen molar-refractivity contribution in [2.24, 2.45) is 5.14 Å². The van der Waals surface area contributed by atoms with Crippen LogP contribution < -0.4 is 15.2 Å². The van der Waals surface area contributed by atoms with Crippen molar-refractivity contribution in [1.29, 1.82) is 0 Å². The topological polar surface area (TPSA) is 203 Å². The molecular weight excluding hydrogens is 430 g/mol. The van der Waals surface area contributed by atoms with Crippen LogP contribution in [0.15, 0.2) is 25.0 Å². The lowest BCUT2D eigenvalue weighted by Gasteiger charge is -2.16. The largest absolute Gasteiger partial charge is 0.387 e. The molecule has 166 valence electrons. The molecule has 6 N–H and O–H groups in total. The summed E-state index contributed by atoms with van der Waals surface area (Å²) >= 11 is 0. The summed E-state index contributed by atoms with van der Waals surface area (Å²) in [6.45, 7) is 1.89. The first-order valence-corrected chi connectivity index (χ1v) is 10.8. The van der Waals surface area contributed by atoms with Crippen LogP contribution in [0, 0.1) is 6.92 Å². The van der Waals surface area contributed by atoms with Crippen molar-refractivity contribution in [3.8, 4) is 0 Å². The van der Waals surface area contributed by atoms with Crippen LogP contribution in [-0.4, -0.2) is 73.0 Å². The summed E-state index contributed by atoms with van der Waals surface area (Å²) in [7, 11) is -3.98. The molecule has 1 aliphatic heterocycles. The Bertz CT molecular complexity index is 1170. The number of aliphatic hydroxyl groups excluding tert-OH is 2. The Labute approximate surface area is 176 Å². The molecule has 0 aliphatic carbocycles. The summed E-state index contributed by atoms with van der Waals surface area (Å²) in [5, 5.41) is 28.7. The van der Waals surface area contributed by atoms with Gasteiger partial charge in [0.05, 0.1) is 30.5 Å². The van der Waals surface area contributed by atoms with E-state index in [1.807, 2.05) is 11.6 Å². The number of nitrogens with two attached hydrogens (primary N) is 1. The van der Waals surface area contributed by atoms with Crippen molar-refractivity contribution >= 4 is 27.2 Å². The number of aryl methyl sites for hydroxylation is 1. The second-order valence-electron chi connectivity index (χ2n) is 6.99. The summed E-state index contributed by atoms with van der Waals surface area (Å²) in [6.07, 6.45) is 1.27. The maximum absolute atomic E-state index is 11.1.